The number of carbonyl (C=O) groups is 1. The summed E-state index contributed by atoms with van der Waals surface area (Å²) in [4.78, 5) is 20.3. The van der Waals surface area contributed by atoms with Crippen LogP contribution >= 0.6 is 0 Å². The van der Waals surface area contributed by atoms with Crippen LogP contribution in [-0.2, 0) is 6.42 Å². The summed E-state index contributed by atoms with van der Waals surface area (Å²) in [5, 5.41) is 2.99. The Hall–Kier alpha value is -3.08. The van der Waals surface area contributed by atoms with Crippen LogP contribution in [0, 0.1) is 0 Å². The van der Waals surface area contributed by atoms with Crippen LogP contribution in [0.3, 0.4) is 0 Å². The number of nitrogens with one attached hydrogen (secondary N) is 2. The van der Waals surface area contributed by atoms with Crippen molar-refractivity contribution >= 4 is 5.91 Å². The molecule has 1 aliphatic heterocycles. The number of aromatic amines is 1. The van der Waals surface area contributed by atoms with Crippen molar-refractivity contribution in [2.75, 3.05) is 13.7 Å². The van der Waals surface area contributed by atoms with Crippen LogP contribution in [0.2, 0.25) is 0 Å². The molecule has 0 spiro atoms. The van der Waals surface area contributed by atoms with Crippen molar-refractivity contribution in [1.82, 2.24) is 15.3 Å². The number of hydrogen-bond donors (Lipinski definition) is 2. The summed E-state index contributed by atoms with van der Waals surface area (Å²) in [6.07, 6.45) is 0.745. The third-order valence-electron chi connectivity index (χ3n) is 4.57. The molecule has 1 unspecified atom stereocenters. The molecular weight excluding hydrogens is 314 g/mol. The van der Waals surface area contributed by atoms with Crippen LogP contribution in [0.1, 0.15) is 27.7 Å². The van der Waals surface area contributed by atoms with Gasteiger partial charge in [-0.25, -0.2) is 4.98 Å². The molecule has 5 nitrogen and oxygen atoms in total. The molecule has 0 saturated carbocycles. The topological polar surface area (TPSA) is 67.0 Å². The van der Waals surface area contributed by atoms with E-state index in [-0.39, 0.29) is 11.8 Å². The van der Waals surface area contributed by atoms with Crippen molar-refractivity contribution in [2.45, 2.75) is 12.3 Å². The number of nitrogens with zero attached hydrogens (tertiary/aromatic N) is 1. The van der Waals surface area contributed by atoms with E-state index in [0.29, 0.717) is 18.1 Å². The number of rotatable bonds is 3. The lowest BCUT2D eigenvalue weighted by Gasteiger charge is -2.14. The molecule has 1 aromatic heterocycles. The molecule has 1 amide bonds. The number of ether oxygens (including phenoxy) is 1. The molecule has 1 atom stereocenters. The lowest BCUT2D eigenvalue weighted by molar-refractivity contribution is 0.0950. The van der Waals surface area contributed by atoms with Gasteiger partial charge in [-0.2, -0.15) is 0 Å². The fourth-order valence-corrected chi connectivity index (χ4v) is 3.23. The van der Waals surface area contributed by atoms with E-state index >= 15 is 0 Å². The second-order valence-corrected chi connectivity index (χ2v) is 6.17. The summed E-state index contributed by atoms with van der Waals surface area (Å²) in [6.45, 7) is 0.613. The van der Waals surface area contributed by atoms with Crippen LogP contribution in [0.15, 0.2) is 54.6 Å². The Labute approximate surface area is 146 Å². The lowest BCUT2D eigenvalue weighted by atomic mass is 9.94. The first kappa shape index (κ1) is 15.4. The van der Waals surface area contributed by atoms with Crippen molar-refractivity contribution in [3.05, 3.63) is 71.5 Å². The van der Waals surface area contributed by atoms with Gasteiger partial charge in [-0.05, 0) is 24.1 Å². The van der Waals surface area contributed by atoms with Crippen molar-refractivity contribution in [3.8, 4) is 17.1 Å². The van der Waals surface area contributed by atoms with E-state index in [1.807, 2.05) is 42.5 Å². The number of carbonyl (C=O) groups excluding carboxylic acids is 1. The fourth-order valence-electron chi connectivity index (χ4n) is 3.23. The van der Waals surface area contributed by atoms with Crippen LogP contribution in [-0.4, -0.2) is 29.5 Å². The summed E-state index contributed by atoms with van der Waals surface area (Å²) in [5.74, 6) is 1.55. The van der Waals surface area contributed by atoms with Gasteiger partial charge in [-0.15, -0.1) is 0 Å². The Morgan fingerprint density at radius 3 is 2.76 bits per heavy atom. The normalized spacial score (nSPS) is 16.7. The smallest absolute Gasteiger partial charge is 0.271 e. The van der Waals surface area contributed by atoms with Gasteiger partial charge in [0.2, 0.25) is 0 Å². The molecule has 5 heteroatoms. The number of methoxy groups -OCH3 is 1. The monoisotopic (exact) mass is 333 g/mol. The number of fused-ring (bicyclic) bond motifs is 1. The van der Waals surface area contributed by atoms with E-state index in [0.717, 1.165) is 23.4 Å². The Bertz CT molecular complexity index is 902. The molecule has 3 aromatic rings. The van der Waals surface area contributed by atoms with Crippen molar-refractivity contribution in [1.29, 1.82) is 0 Å². The average molecular weight is 333 g/mol. The van der Waals surface area contributed by atoms with Gasteiger partial charge in [-0.3, -0.25) is 4.79 Å². The summed E-state index contributed by atoms with van der Waals surface area (Å²) in [5.41, 5.74) is 3.47. The third-order valence-corrected chi connectivity index (χ3v) is 4.57. The summed E-state index contributed by atoms with van der Waals surface area (Å²) < 4.78 is 5.27. The van der Waals surface area contributed by atoms with Crippen LogP contribution < -0.4 is 10.1 Å². The van der Waals surface area contributed by atoms with Gasteiger partial charge in [0, 0.05) is 23.7 Å². The molecule has 0 bridgehead atoms. The standard InChI is InChI=1S/C20H19N3O2/c1-25-16-9-5-8-14(10-16)19-22-17-11-15(13-6-3-2-4-7-13)12-21-20(24)18(17)23-19/h2-10,15H,11-12H2,1H3,(H,21,24)(H,22,23). The molecule has 25 heavy (non-hydrogen) atoms. The van der Waals surface area contributed by atoms with Gasteiger partial charge >= 0.3 is 0 Å². The van der Waals surface area contributed by atoms with Crippen molar-refractivity contribution in [3.63, 3.8) is 0 Å². The highest BCUT2D eigenvalue weighted by molar-refractivity contribution is 5.94. The minimum absolute atomic E-state index is 0.126. The first-order valence-electron chi connectivity index (χ1n) is 8.31. The summed E-state index contributed by atoms with van der Waals surface area (Å²) in [6, 6.07) is 17.9. The van der Waals surface area contributed by atoms with E-state index in [1.54, 1.807) is 7.11 Å². The number of hydrogen-bond acceptors (Lipinski definition) is 3. The number of imidazole rings is 1. The third kappa shape index (κ3) is 3.01. The quantitative estimate of drug-likeness (QED) is 0.774. The lowest BCUT2D eigenvalue weighted by Crippen LogP contribution is -2.26. The second kappa shape index (κ2) is 6.43. The molecule has 2 aromatic carbocycles. The van der Waals surface area contributed by atoms with Gasteiger partial charge in [0.1, 0.15) is 17.3 Å². The molecule has 0 fully saturated rings. The predicted molar refractivity (Wildman–Crippen MR) is 95.8 cm³/mol. The second-order valence-electron chi connectivity index (χ2n) is 6.17. The largest absolute Gasteiger partial charge is 0.497 e. The molecule has 0 radical (unpaired) electrons. The Kier molecular flexibility index (Phi) is 3.98. The van der Waals surface area contributed by atoms with Gasteiger partial charge in [0.15, 0.2) is 0 Å². The zero-order chi connectivity index (χ0) is 17.2. The molecule has 1 aliphatic rings. The van der Waals surface area contributed by atoms with Gasteiger partial charge in [0.05, 0.1) is 7.11 Å². The highest BCUT2D eigenvalue weighted by atomic mass is 16.5. The van der Waals surface area contributed by atoms with E-state index in [9.17, 15) is 4.79 Å². The fraction of sp³-hybridized carbons (Fsp3) is 0.200. The Morgan fingerprint density at radius 2 is 1.96 bits per heavy atom. The van der Waals surface area contributed by atoms with Gasteiger partial charge in [-0.1, -0.05) is 42.5 Å². The number of benzene rings is 2. The van der Waals surface area contributed by atoms with Crippen LogP contribution in [0.4, 0.5) is 0 Å². The maximum Gasteiger partial charge on any atom is 0.271 e. The molecule has 126 valence electrons. The number of amides is 1. The highest BCUT2D eigenvalue weighted by Gasteiger charge is 2.26. The van der Waals surface area contributed by atoms with E-state index in [4.69, 9.17) is 4.74 Å². The zero-order valence-corrected chi connectivity index (χ0v) is 14.0. The highest BCUT2D eigenvalue weighted by Crippen LogP contribution is 2.28. The maximum atomic E-state index is 12.4. The minimum Gasteiger partial charge on any atom is -0.497 e. The van der Waals surface area contributed by atoms with Crippen LogP contribution in [0.25, 0.3) is 11.4 Å². The van der Waals surface area contributed by atoms with Gasteiger partial charge < -0.3 is 15.0 Å². The van der Waals surface area contributed by atoms with Crippen molar-refractivity contribution < 1.29 is 9.53 Å². The number of aromatic nitrogens is 2. The van der Waals surface area contributed by atoms with Gasteiger partial charge in [0.25, 0.3) is 5.91 Å². The molecule has 2 N–H and O–H groups in total. The molecule has 0 saturated heterocycles. The Balaban J connectivity index is 1.70. The van der Waals surface area contributed by atoms with Crippen LogP contribution in [0.5, 0.6) is 5.75 Å². The van der Waals surface area contributed by atoms with Crippen molar-refractivity contribution in [2.24, 2.45) is 0 Å². The first-order chi connectivity index (χ1) is 12.2. The van der Waals surface area contributed by atoms with E-state index < -0.39 is 0 Å². The molecule has 4 rings (SSSR count). The first-order valence-corrected chi connectivity index (χ1v) is 8.31. The SMILES string of the molecule is COc1cccc(-c2nc3c([nH]2)CC(c2ccccc2)CNC3=O)c1. The molecular formula is C20H19N3O2. The average Bonchev–Trinajstić information content (AvgIpc) is 3.03. The molecule has 0 aliphatic carbocycles. The van der Waals surface area contributed by atoms with E-state index in [2.05, 4.69) is 27.4 Å². The summed E-state index contributed by atoms with van der Waals surface area (Å²) in [7, 11) is 1.63. The Morgan fingerprint density at radius 1 is 1.12 bits per heavy atom. The number of H-pyrrole nitrogens is 1. The summed E-state index contributed by atoms with van der Waals surface area (Å²) >= 11 is 0. The molecule has 2 heterocycles. The maximum absolute atomic E-state index is 12.4. The zero-order valence-electron chi connectivity index (χ0n) is 14.0. The minimum atomic E-state index is -0.126. The predicted octanol–water partition coefficient (Wildman–Crippen LogP) is 3.16. The van der Waals surface area contributed by atoms with E-state index in [1.165, 1.54) is 5.56 Å².